The van der Waals surface area contributed by atoms with Gasteiger partial charge in [-0.1, -0.05) is 59.1 Å². The molecular weight excluding hydrogens is 594 g/mol. The predicted molar refractivity (Wildman–Crippen MR) is 180 cm³/mol. The lowest BCUT2D eigenvalue weighted by Gasteiger charge is -2.16. The van der Waals surface area contributed by atoms with Gasteiger partial charge in [-0.25, -0.2) is 4.99 Å². The Morgan fingerprint density at radius 1 is 0.909 bits per heavy atom. The Hall–Kier alpha value is -4.53. The average molecular weight is 626 g/mol. The maximum atomic E-state index is 13.7. The lowest BCUT2D eigenvalue weighted by atomic mass is 10.1. The van der Waals surface area contributed by atoms with E-state index in [2.05, 4.69) is 5.32 Å². The fraction of sp³-hybridized carbons (Fsp3) is 0.171. The van der Waals surface area contributed by atoms with E-state index in [1.165, 1.54) is 11.8 Å². The lowest BCUT2D eigenvalue weighted by molar-refractivity contribution is -0.118. The van der Waals surface area contributed by atoms with Gasteiger partial charge >= 0.3 is 0 Å². The van der Waals surface area contributed by atoms with E-state index in [1.54, 1.807) is 29.2 Å². The molecule has 7 nitrogen and oxygen atoms in total. The van der Waals surface area contributed by atoms with Crippen LogP contribution in [0.2, 0.25) is 5.02 Å². The first kappa shape index (κ1) is 30.9. The average Bonchev–Trinajstić information content (AvgIpc) is 3.30. The maximum absolute atomic E-state index is 13.7. The van der Waals surface area contributed by atoms with Crippen LogP contribution in [0.4, 0.5) is 17.1 Å². The van der Waals surface area contributed by atoms with Gasteiger partial charge in [0.05, 0.1) is 22.9 Å². The number of carbonyl (C=O) groups is 2. The maximum Gasteiger partial charge on any atom is 0.271 e. The van der Waals surface area contributed by atoms with E-state index < -0.39 is 0 Å². The number of thioether (sulfide) groups is 1. The van der Waals surface area contributed by atoms with Crippen LogP contribution in [0.15, 0.2) is 94.8 Å². The van der Waals surface area contributed by atoms with Crippen LogP contribution >= 0.6 is 23.4 Å². The normalized spacial score (nSPS) is 14.8. The molecule has 224 valence electrons. The van der Waals surface area contributed by atoms with Gasteiger partial charge in [0.25, 0.3) is 11.8 Å². The Kier molecular flexibility index (Phi) is 9.72. The molecule has 1 N–H and O–H groups in total. The van der Waals surface area contributed by atoms with E-state index in [-0.39, 0.29) is 18.4 Å². The molecule has 0 bridgehead atoms. The molecule has 1 aliphatic heterocycles. The number of aliphatic imine (C=N–C) groups is 1. The molecule has 2 amide bonds. The number of hydrogen-bond donors (Lipinski definition) is 1. The number of hydrogen-bond acceptors (Lipinski definition) is 6. The number of anilines is 2. The van der Waals surface area contributed by atoms with Gasteiger partial charge in [0.2, 0.25) is 0 Å². The number of nitrogens with zero attached hydrogens (tertiary/aromatic N) is 2. The number of amides is 2. The molecule has 1 saturated heterocycles. The summed E-state index contributed by atoms with van der Waals surface area (Å²) in [6, 6.07) is 26.3. The molecule has 4 aromatic rings. The summed E-state index contributed by atoms with van der Waals surface area (Å²) < 4.78 is 11.6. The zero-order valence-electron chi connectivity index (χ0n) is 24.9. The van der Waals surface area contributed by atoms with E-state index >= 15 is 0 Å². The summed E-state index contributed by atoms with van der Waals surface area (Å²) in [6.45, 7) is 7.97. The first-order valence-electron chi connectivity index (χ1n) is 14.1. The summed E-state index contributed by atoms with van der Waals surface area (Å²) in [5.74, 6) is 0.380. The zero-order valence-corrected chi connectivity index (χ0v) is 26.5. The fourth-order valence-electron chi connectivity index (χ4n) is 4.36. The van der Waals surface area contributed by atoms with Crippen LogP contribution < -0.4 is 19.7 Å². The molecule has 0 aliphatic carbocycles. The number of ether oxygens (including phenoxy) is 2. The van der Waals surface area contributed by atoms with Gasteiger partial charge in [-0.3, -0.25) is 14.5 Å². The van der Waals surface area contributed by atoms with Crippen LogP contribution in [0.1, 0.15) is 29.2 Å². The van der Waals surface area contributed by atoms with E-state index in [0.717, 1.165) is 33.6 Å². The number of benzene rings is 4. The monoisotopic (exact) mass is 625 g/mol. The highest BCUT2D eigenvalue weighted by molar-refractivity contribution is 8.19. The fourth-order valence-corrected chi connectivity index (χ4v) is 5.55. The standard InChI is InChI=1S/C35H32ClN3O4S/c1-5-42-31-18-25(11-17-30(31)43-21-33(40)37-27-14-10-24(4)29(36)20-27)19-32-34(41)39(28-15-8-23(3)9-16-28)35(44-32)38-26-12-6-22(2)7-13-26/h6-20H,5,21H2,1-4H3,(H,37,40)/b32-19-,38-35?. The second kappa shape index (κ2) is 13.8. The number of carbonyl (C=O) groups excluding carboxylic acids is 2. The second-order valence-electron chi connectivity index (χ2n) is 10.3. The van der Waals surface area contributed by atoms with Crippen LogP contribution in [0.3, 0.4) is 0 Å². The molecule has 0 unspecified atom stereocenters. The van der Waals surface area contributed by atoms with Crippen molar-refractivity contribution in [3.8, 4) is 11.5 Å². The molecule has 0 spiro atoms. The van der Waals surface area contributed by atoms with Gasteiger partial charge in [-0.05, 0) is 105 Å². The number of halogens is 1. The number of nitrogens with one attached hydrogen (secondary N) is 1. The smallest absolute Gasteiger partial charge is 0.271 e. The van der Waals surface area contributed by atoms with E-state index in [9.17, 15) is 9.59 Å². The summed E-state index contributed by atoms with van der Waals surface area (Å²) in [5.41, 5.74) is 6.00. The Labute approximate surface area is 266 Å². The Bertz CT molecular complexity index is 1750. The minimum Gasteiger partial charge on any atom is -0.490 e. The Morgan fingerprint density at radius 3 is 2.30 bits per heavy atom. The highest BCUT2D eigenvalue weighted by Gasteiger charge is 2.34. The van der Waals surface area contributed by atoms with Crippen molar-refractivity contribution in [2.45, 2.75) is 27.7 Å². The molecule has 9 heteroatoms. The highest BCUT2D eigenvalue weighted by atomic mass is 35.5. The topological polar surface area (TPSA) is 80.2 Å². The molecule has 44 heavy (non-hydrogen) atoms. The SMILES string of the molecule is CCOc1cc(/C=C2\SC(=Nc3ccc(C)cc3)N(c3ccc(C)cc3)C2=O)ccc1OCC(=O)Nc1ccc(C)c(Cl)c1. The lowest BCUT2D eigenvalue weighted by Crippen LogP contribution is -2.28. The third-order valence-corrected chi connectivity index (χ3v) is 8.11. The van der Waals surface area contributed by atoms with E-state index in [1.807, 2.05) is 94.4 Å². The first-order valence-corrected chi connectivity index (χ1v) is 15.3. The molecule has 1 fully saturated rings. The number of rotatable bonds is 9. The predicted octanol–water partition coefficient (Wildman–Crippen LogP) is 8.49. The van der Waals surface area contributed by atoms with Gasteiger partial charge in [0.15, 0.2) is 23.3 Å². The van der Waals surface area contributed by atoms with Crippen molar-refractivity contribution in [2.75, 3.05) is 23.4 Å². The van der Waals surface area contributed by atoms with E-state index in [4.69, 9.17) is 26.1 Å². The number of amidine groups is 1. The Morgan fingerprint density at radius 2 is 1.61 bits per heavy atom. The van der Waals surface area contributed by atoms with Gasteiger partial charge in [-0.2, -0.15) is 0 Å². The summed E-state index contributed by atoms with van der Waals surface area (Å²) in [4.78, 5) is 33.3. The van der Waals surface area contributed by atoms with Crippen LogP contribution in [0.5, 0.6) is 11.5 Å². The van der Waals surface area contributed by atoms with Crippen molar-refractivity contribution in [2.24, 2.45) is 4.99 Å². The summed E-state index contributed by atoms with van der Waals surface area (Å²) >= 11 is 7.48. The summed E-state index contributed by atoms with van der Waals surface area (Å²) in [6.07, 6.45) is 1.81. The largest absolute Gasteiger partial charge is 0.490 e. The molecule has 0 atom stereocenters. The highest BCUT2D eigenvalue weighted by Crippen LogP contribution is 2.38. The summed E-state index contributed by atoms with van der Waals surface area (Å²) in [7, 11) is 0. The van der Waals surface area contributed by atoms with Crippen molar-refractivity contribution in [3.63, 3.8) is 0 Å². The van der Waals surface area contributed by atoms with Gasteiger partial charge < -0.3 is 14.8 Å². The van der Waals surface area contributed by atoms with Gasteiger partial charge in [0, 0.05) is 10.7 Å². The Balaban J connectivity index is 1.37. The molecule has 0 aromatic heterocycles. The molecule has 0 saturated carbocycles. The molecule has 1 aliphatic rings. The number of aryl methyl sites for hydroxylation is 3. The van der Waals surface area contributed by atoms with E-state index in [0.29, 0.717) is 38.9 Å². The minimum atomic E-state index is -0.330. The summed E-state index contributed by atoms with van der Waals surface area (Å²) in [5, 5.41) is 3.93. The quantitative estimate of drug-likeness (QED) is 0.189. The van der Waals surface area contributed by atoms with Crippen molar-refractivity contribution >= 4 is 63.5 Å². The first-order chi connectivity index (χ1) is 21.2. The van der Waals surface area contributed by atoms with Gasteiger partial charge in [0.1, 0.15) is 0 Å². The molecule has 1 heterocycles. The molecule has 5 rings (SSSR count). The molecular formula is C35H32ClN3O4S. The second-order valence-corrected chi connectivity index (χ2v) is 11.7. The van der Waals surface area contributed by atoms with Crippen LogP contribution in [-0.2, 0) is 9.59 Å². The zero-order chi connectivity index (χ0) is 31.2. The van der Waals surface area contributed by atoms with Crippen LogP contribution in [-0.4, -0.2) is 30.2 Å². The van der Waals surface area contributed by atoms with Gasteiger partial charge in [-0.15, -0.1) is 0 Å². The van der Waals surface area contributed by atoms with Crippen LogP contribution in [0, 0.1) is 20.8 Å². The van der Waals surface area contributed by atoms with Crippen LogP contribution in [0.25, 0.3) is 6.08 Å². The third-order valence-electron chi connectivity index (χ3n) is 6.74. The van der Waals surface area contributed by atoms with Crippen molar-refractivity contribution < 1.29 is 19.1 Å². The van der Waals surface area contributed by atoms with Crippen molar-refractivity contribution in [1.82, 2.24) is 0 Å². The molecule has 0 radical (unpaired) electrons. The third kappa shape index (κ3) is 7.51. The minimum absolute atomic E-state index is 0.170. The molecule has 4 aromatic carbocycles. The van der Waals surface area contributed by atoms with Crippen molar-refractivity contribution in [3.05, 3.63) is 117 Å². The van der Waals surface area contributed by atoms with Crippen molar-refractivity contribution in [1.29, 1.82) is 0 Å².